The van der Waals surface area contributed by atoms with Crippen LogP contribution in [0.2, 0.25) is 10.0 Å². The molecule has 0 bridgehead atoms. The minimum absolute atomic E-state index is 0.0868. The molecule has 136 valence electrons. The lowest BCUT2D eigenvalue weighted by molar-refractivity contribution is 0.140. The van der Waals surface area contributed by atoms with Crippen molar-refractivity contribution in [2.75, 3.05) is 0 Å². The van der Waals surface area contributed by atoms with Crippen LogP contribution >= 0.6 is 23.2 Å². The molecule has 0 saturated carbocycles. The summed E-state index contributed by atoms with van der Waals surface area (Å²) < 4.78 is 19.7. The van der Waals surface area contributed by atoms with E-state index in [4.69, 9.17) is 33.7 Å². The van der Waals surface area contributed by atoms with E-state index in [-0.39, 0.29) is 16.6 Å². The molecule has 0 aliphatic carbocycles. The maximum atomic E-state index is 13.8. The average Bonchev–Trinajstić information content (AvgIpc) is 2.64. The van der Waals surface area contributed by atoms with Crippen LogP contribution in [0.4, 0.5) is 4.39 Å². The van der Waals surface area contributed by atoms with Gasteiger partial charge in [0.2, 0.25) is 0 Å². The molecule has 1 aromatic heterocycles. The Morgan fingerprint density at radius 1 is 1.38 bits per heavy atom. The third-order valence-electron chi connectivity index (χ3n) is 3.68. The maximum Gasteiger partial charge on any atom is 0.165 e. The fraction of sp³-hybridized carbons (Fsp3) is 0.158. The molecule has 4 nitrogen and oxygen atoms in total. The average molecular weight is 394 g/mol. The number of nitrogens with zero attached hydrogens (tertiary/aromatic N) is 2. The largest absolute Gasteiger partial charge is 0.482 e. The van der Waals surface area contributed by atoms with E-state index in [1.807, 2.05) is 19.1 Å². The van der Waals surface area contributed by atoms with Gasteiger partial charge in [0.1, 0.15) is 11.9 Å². The zero-order valence-electron chi connectivity index (χ0n) is 14.3. The Labute approximate surface area is 161 Å². The quantitative estimate of drug-likeness (QED) is 0.303. The minimum Gasteiger partial charge on any atom is -0.482 e. The Kier molecular flexibility index (Phi) is 6.77. The summed E-state index contributed by atoms with van der Waals surface area (Å²) >= 11 is 12.2. The summed E-state index contributed by atoms with van der Waals surface area (Å²) in [4.78, 5) is 7.80. The predicted octanol–water partition coefficient (Wildman–Crippen LogP) is 5.54. The van der Waals surface area contributed by atoms with E-state index in [1.165, 1.54) is 12.1 Å². The molecule has 0 saturated heterocycles. The number of aromatic nitrogens is 1. The van der Waals surface area contributed by atoms with Gasteiger partial charge in [-0.2, -0.15) is 0 Å². The Hall–Kier alpha value is -2.37. The smallest absolute Gasteiger partial charge is 0.165 e. The third-order valence-corrected chi connectivity index (χ3v) is 4.39. The predicted molar refractivity (Wildman–Crippen MR) is 105 cm³/mol. The lowest BCUT2D eigenvalue weighted by Crippen LogP contribution is -2.07. The van der Waals surface area contributed by atoms with Crippen molar-refractivity contribution < 1.29 is 9.13 Å². The van der Waals surface area contributed by atoms with Gasteiger partial charge in [-0.1, -0.05) is 29.3 Å². The number of pyridine rings is 1. The van der Waals surface area contributed by atoms with E-state index in [9.17, 15) is 4.39 Å². The van der Waals surface area contributed by atoms with Crippen molar-refractivity contribution in [3.8, 4) is 0 Å². The fourth-order valence-corrected chi connectivity index (χ4v) is 2.96. The van der Waals surface area contributed by atoms with E-state index in [2.05, 4.69) is 16.7 Å². The summed E-state index contributed by atoms with van der Waals surface area (Å²) in [5.41, 5.74) is 7.97. The van der Waals surface area contributed by atoms with Crippen LogP contribution in [-0.4, -0.2) is 11.7 Å². The van der Waals surface area contributed by atoms with Crippen LogP contribution in [0.15, 0.2) is 59.3 Å². The second-order valence-corrected chi connectivity index (χ2v) is 6.28. The van der Waals surface area contributed by atoms with Crippen LogP contribution in [0.1, 0.15) is 31.1 Å². The molecule has 1 atom stereocenters. The second kappa shape index (κ2) is 8.83. The lowest BCUT2D eigenvalue weighted by Gasteiger charge is -2.19. The van der Waals surface area contributed by atoms with Crippen LogP contribution in [-0.2, 0) is 4.74 Å². The maximum absolute atomic E-state index is 13.8. The van der Waals surface area contributed by atoms with Gasteiger partial charge in [-0.3, -0.25) is 4.98 Å². The molecule has 0 radical (unpaired) electrons. The molecule has 0 aliphatic rings. The van der Waals surface area contributed by atoms with Gasteiger partial charge in [0, 0.05) is 23.0 Å². The molecule has 1 heterocycles. The van der Waals surface area contributed by atoms with Crippen LogP contribution in [0.3, 0.4) is 0 Å². The zero-order valence-corrected chi connectivity index (χ0v) is 15.9. The van der Waals surface area contributed by atoms with Gasteiger partial charge in [-0.05, 0) is 56.0 Å². The van der Waals surface area contributed by atoms with Gasteiger partial charge >= 0.3 is 0 Å². The van der Waals surface area contributed by atoms with Gasteiger partial charge in [0.05, 0.1) is 5.02 Å². The number of rotatable bonds is 6. The first kappa shape index (κ1) is 19.9. The molecule has 2 N–H and O–H groups in total. The highest BCUT2D eigenvalue weighted by Gasteiger charge is 2.20. The van der Waals surface area contributed by atoms with Crippen molar-refractivity contribution in [2.45, 2.75) is 20.0 Å². The summed E-state index contributed by atoms with van der Waals surface area (Å²) in [6.45, 7) is 6.99. The van der Waals surface area contributed by atoms with E-state index >= 15 is 0 Å². The number of halogens is 3. The first-order valence-corrected chi connectivity index (χ1v) is 8.46. The SMILES string of the molecule is C=N/C(N)=C(\C=C(/C)c1cccnc1)O[C@H](C)c1c(Cl)ccc(F)c1Cl. The van der Waals surface area contributed by atoms with Gasteiger partial charge in [-0.15, -0.1) is 0 Å². The van der Waals surface area contributed by atoms with Gasteiger partial charge in [-0.25, -0.2) is 9.38 Å². The molecule has 0 fully saturated rings. The highest BCUT2D eigenvalue weighted by molar-refractivity contribution is 6.36. The summed E-state index contributed by atoms with van der Waals surface area (Å²) in [5, 5.41) is 0.198. The van der Waals surface area contributed by atoms with Crippen molar-refractivity contribution in [3.63, 3.8) is 0 Å². The molecular formula is C19H18Cl2FN3O. The first-order valence-electron chi connectivity index (χ1n) is 7.70. The Balaban J connectivity index is 2.39. The standard InChI is InChI=1S/C19H18Cl2FN3O/c1-11(13-5-4-8-25-10-13)9-16(19(23)24-3)26-12(2)17-14(20)6-7-15(22)18(17)21/h4-10,12H,3,23H2,1-2H3/b11-9+,19-16+/t12-/m1/s1. The fourth-order valence-electron chi connectivity index (χ4n) is 2.29. The molecule has 0 spiro atoms. The molecule has 1 aromatic carbocycles. The van der Waals surface area contributed by atoms with E-state index in [1.54, 1.807) is 25.4 Å². The molecule has 26 heavy (non-hydrogen) atoms. The normalized spacial score (nSPS) is 13.8. The van der Waals surface area contributed by atoms with Gasteiger partial charge in [0.25, 0.3) is 0 Å². The summed E-state index contributed by atoms with van der Waals surface area (Å²) in [6, 6.07) is 6.34. The molecule has 0 unspecified atom stereocenters. The highest BCUT2D eigenvalue weighted by atomic mass is 35.5. The van der Waals surface area contributed by atoms with E-state index < -0.39 is 11.9 Å². The number of benzene rings is 1. The Morgan fingerprint density at radius 2 is 2.12 bits per heavy atom. The lowest BCUT2D eigenvalue weighted by atomic mass is 10.1. The van der Waals surface area contributed by atoms with Crippen LogP contribution in [0, 0.1) is 5.82 Å². The monoisotopic (exact) mass is 393 g/mol. The van der Waals surface area contributed by atoms with Crippen molar-refractivity contribution in [1.82, 2.24) is 4.98 Å². The molecule has 2 aromatic rings. The van der Waals surface area contributed by atoms with Crippen molar-refractivity contribution in [1.29, 1.82) is 0 Å². The number of allylic oxidation sites excluding steroid dienone is 2. The number of nitrogens with two attached hydrogens (primary N) is 1. The topological polar surface area (TPSA) is 60.5 Å². The first-order chi connectivity index (χ1) is 12.3. The molecular weight excluding hydrogens is 376 g/mol. The molecule has 0 aliphatic heterocycles. The summed E-state index contributed by atoms with van der Waals surface area (Å²) in [6.07, 6.45) is 4.43. The summed E-state index contributed by atoms with van der Waals surface area (Å²) in [5.74, 6) is -0.224. The molecule has 7 heteroatoms. The second-order valence-electron chi connectivity index (χ2n) is 5.49. The van der Waals surface area contributed by atoms with Gasteiger partial charge < -0.3 is 10.5 Å². The van der Waals surface area contributed by atoms with Crippen LogP contribution in [0.25, 0.3) is 5.57 Å². The highest BCUT2D eigenvalue weighted by Crippen LogP contribution is 2.35. The van der Waals surface area contributed by atoms with Crippen LogP contribution < -0.4 is 5.73 Å². The van der Waals surface area contributed by atoms with E-state index in [0.717, 1.165) is 11.1 Å². The molecule has 2 rings (SSSR count). The zero-order chi connectivity index (χ0) is 19.3. The summed E-state index contributed by atoms with van der Waals surface area (Å²) in [7, 11) is 0. The number of hydrogen-bond acceptors (Lipinski definition) is 4. The number of aliphatic imine (C=N–C) groups is 1. The van der Waals surface area contributed by atoms with Crippen molar-refractivity contribution in [2.24, 2.45) is 10.7 Å². The Morgan fingerprint density at radius 3 is 2.73 bits per heavy atom. The Bertz CT molecular complexity index is 867. The van der Waals surface area contributed by atoms with Gasteiger partial charge in [0.15, 0.2) is 11.6 Å². The van der Waals surface area contributed by atoms with Crippen LogP contribution in [0.5, 0.6) is 0 Å². The minimum atomic E-state index is -0.668. The van der Waals surface area contributed by atoms with E-state index in [0.29, 0.717) is 10.6 Å². The van der Waals surface area contributed by atoms with Crippen molar-refractivity contribution >= 4 is 35.5 Å². The molecule has 0 amide bonds. The van der Waals surface area contributed by atoms with Crippen molar-refractivity contribution in [3.05, 3.63) is 81.3 Å². The number of hydrogen-bond donors (Lipinski definition) is 1. The third kappa shape index (κ3) is 4.62. The number of ether oxygens (including phenoxy) is 1.